The van der Waals surface area contributed by atoms with Crippen molar-refractivity contribution in [1.29, 1.82) is 0 Å². The number of carbonyl (C=O) groups is 1. The smallest absolute Gasteiger partial charge is 0.262 e. The van der Waals surface area contributed by atoms with Gasteiger partial charge in [0, 0.05) is 32.1 Å². The molecule has 1 aliphatic heterocycles. The van der Waals surface area contributed by atoms with Crippen LogP contribution in [-0.2, 0) is 24.3 Å². The highest BCUT2D eigenvalue weighted by Crippen LogP contribution is 2.18. The summed E-state index contributed by atoms with van der Waals surface area (Å²) in [5.74, 6) is 1.54. The fourth-order valence-corrected chi connectivity index (χ4v) is 4.84. The summed E-state index contributed by atoms with van der Waals surface area (Å²) in [4.78, 5) is 27.6. The van der Waals surface area contributed by atoms with Gasteiger partial charge in [0.25, 0.3) is 5.56 Å². The van der Waals surface area contributed by atoms with Gasteiger partial charge >= 0.3 is 0 Å². The van der Waals surface area contributed by atoms with Crippen LogP contribution in [0.3, 0.4) is 0 Å². The molecular formula is C26H30N6O2. The molecule has 4 aromatic rings. The molecule has 176 valence electrons. The van der Waals surface area contributed by atoms with Crippen molar-refractivity contribution in [2.75, 3.05) is 13.1 Å². The molecule has 1 aliphatic rings. The number of nitrogens with zero attached hydrogens (tertiary/aromatic N) is 5. The molecule has 1 saturated heterocycles. The number of aromatic nitrogens is 4. The number of carbonyl (C=O) groups excluding carboxylic acids is 1. The second-order valence-electron chi connectivity index (χ2n) is 8.92. The van der Waals surface area contributed by atoms with Crippen LogP contribution in [0.25, 0.3) is 16.7 Å². The second kappa shape index (κ2) is 9.77. The Morgan fingerprint density at radius 3 is 2.53 bits per heavy atom. The van der Waals surface area contributed by atoms with Gasteiger partial charge in [-0.2, -0.15) is 0 Å². The standard InChI is InChI=1S/C26H30N6O2/c1-2-31-25(34)21-10-6-7-11-22(21)32-23(28-29-26(31)32)18-30-16-14-20(15-17-30)27-24(33)13-12-19-8-4-3-5-9-19/h3-11,20H,2,12-18H2,1H3,(H,27,33). The summed E-state index contributed by atoms with van der Waals surface area (Å²) in [6.07, 6.45) is 3.10. The number of aryl methyl sites for hydroxylation is 2. The summed E-state index contributed by atoms with van der Waals surface area (Å²) in [6.45, 7) is 4.90. The molecule has 34 heavy (non-hydrogen) atoms. The lowest BCUT2D eigenvalue weighted by Crippen LogP contribution is -2.44. The molecule has 3 heterocycles. The monoisotopic (exact) mass is 458 g/mol. The number of hydrogen-bond donors (Lipinski definition) is 1. The van der Waals surface area contributed by atoms with E-state index in [0.29, 0.717) is 30.7 Å². The first-order valence-electron chi connectivity index (χ1n) is 12.0. The van der Waals surface area contributed by atoms with E-state index in [4.69, 9.17) is 0 Å². The summed E-state index contributed by atoms with van der Waals surface area (Å²) < 4.78 is 3.69. The van der Waals surface area contributed by atoms with Gasteiger partial charge in [-0.05, 0) is 43.9 Å². The third kappa shape index (κ3) is 4.46. The second-order valence-corrected chi connectivity index (χ2v) is 8.92. The van der Waals surface area contributed by atoms with Crippen molar-refractivity contribution in [3.05, 3.63) is 76.3 Å². The van der Waals surface area contributed by atoms with Crippen molar-refractivity contribution in [1.82, 2.24) is 29.4 Å². The minimum atomic E-state index is -0.0339. The quantitative estimate of drug-likeness (QED) is 0.460. The van der Waals surface area contributed by atoms with Crippen molar-refractivity contribution >= 4 is 22.6 Å². The highest BCUT2D eigenvalue weighted by Gasteiger charge is 2.23. The van der Waals surface area contributed by atoms with E-state index in [2.05, 4.69) is 32.5 Å². The first-order chi connectivity index (χ1) is 16.6. The summed E-state index contributed by atoms with van der Waals surface area (Å²) in [7, 11) is 0. The van der Waals surface area contributed by atoms with Crippen LogP contribution in [0.1, 0.15) is 37.6 Å². The van der Waals surface area contributed by atoms with Gasteiger partial charge in [0.15, 0.2) is 5.82 Å². The molecule has 5 rings (SSSR count). The fraction of sp³-hybridized carbons (Fsp3) is 0.385. The van der Waals surface area contributed by atoms with Crippen LogP contribution in [-0.4, -0.2) is 49.1 Å². The van der Waals surface area contributed by atoms with Crippen LogP contribution in [0.2, 0.25) is 0 Å². The molecule has 0 unspecified atom stereocenters. The van der Waals surface area contributed by atoms with Gasteiger partial charge in [0.05, 0.1) is 17.4 Å². The van der Waals surface area contributed by atoms with Crippen LogP contribution in [0, 0.1) is 0 Å². The number of benzene rings is 2. The SMILES string of the molecule is CCn1c(=O)c2ccccc2n2c(CN3CCC(NC(=O)CCc4ccccc4)CC3)nnc12. The molecule has 0 atom stereocenters. The van der Waals surface area contributed by atoms with E-state index in [1.54, 1.807) is 4.57 Å². The van der Waals surface area contributed by atoms with E-state index >= 15 is 0 Å². The Bertz CT molecular complexity index is 1350. The van der Waals surface area contributed by atoms with Gasteiger partial charge in [-0.1, -0.05) is 42.5 Å². The molecular weight excluding hydrogens is 428 g/mol. The Labute approximate surface area is 198 Å². The first-order valence-corrected chi connectivity index (χ1v) is 12.0. The molecule has 8 heteroatoms. The Morgan fingerprint density at radius 1 is 1.03 bits per heavy atom. The van der Waals surface area contributed by atoms with Crippen molar-refractivity contribution in [3.63, 3.8) is 0 Å². The molecule has 0 bridgehead atoms. The lowest BCUT2D eigenvalue weighted by atomic mass is 10.0. The maximum absolute atomic E-state index is 12.9. The average molecular weight is 459 g/mol. The fourth-order valence-electron chi connectivity index (χ4n) is 4.84. The van der Waals surface area contributed by atoms with E-state index in [1.165, 1.54) is 5.56 Å². The molecule has 0 aliphatic carbocycles. The van der Waals surface area contributed by atoms with E-state index in [-0.39, 0.29) is 17.5 Å². The molecule has 1 amide bonds. The summed E-state index contributed by atoms with van der Waals surface area (Å²) in [6, 6.07) is 18.0. The zero-order valence-electron chi connectivity index (χ0n) is 19.5. The summed E-state index contributed by atoms with van der Waals surface area (Å²) in [5, 5.41) is 12.7. The highest BCUT2D eigenvalue weighted by molar-refractivity contribution is 5.80. The Morgan fingerprint density at radius 2 is 1.76 bits per heavy atom. The zero-order chi connectivity index (χ0) is 23.5. The van der Waals surface area contributed by atoms with Crippen molar-refractivity contribution in [3.8, 4) is 0 Å². The van der Waals surface area contributed by atoms with E-state index in [9.17, 15) is 9.59 Å². The Hall–Kier alpha value is -3.52. The minimum Gasteiger partial charge on any atom is -0.353 e. The van der Waals surface area contributed by atoms with E-state index < -0.39 is 0 Å². The number of nitrogens with one attached hydrogen (secondary N) is 1. The first kappa shape index (κ1) is 22.3. The molecule has 1 N–H and O–H groups in total. The predicted octanol–water partition coefficient (Wildman–Crippen LogP) is 2.78. The largest absolute Gasteiger partial charge is 0.353 e. The van der Waals surface area contributed by atoms with Crippen molar-refractivity contribution in [2.45, 2.75) is 51.7 Å². The van der Waals surface area contributed by atoms with Crippen LogP contribution in [0.15, 0.2) is 59.4 Å². The van der Waals surface area contributed by atoms with Crippen LogP contribution >= 0.6 is 0 Å². The number of rotatable bonds is 7. The molecule has 0 radical (unpaired) electrons. The third-order valence-corrected chi connectivity index (χ3v) is 6.69. The van der Waals surface area contributed by atoms with Crippen LogP contribution in [0.5, 0.6) is 0 Å². The zero-order valence-corrected chi connectivity index (χ0v) is 19.5. The van der Waals surface area contributed by atoms with Crippen molar-refractivity contribution in [2.24, 2.45) is 0 Å². The molecule has 0 saturated carbocycles. The Balaban J connectivity index is 1.23. The number of amides is 1. The summed E-state index contributed by atoms with van der Waals surface area (Å²) in [5.41, 5.74) is 2.00. The van der Waals surface area contributed by atoms with Gasteiger partial charge in [-0.15, -0.1) is 10.2 Å². The Kier molecular flexibility index (Phi) is 6.40. The minimum absolute atomic E-state index is 0.0339. The molecule has 2 aromatic carbocycles. The number of piperidine rings is 1. The van der Waals surface area contributed by atoms with Crippen molar-refractivity contribution < 1.29 is 4.79 Å². The predicted molar refractivity (Wildman–Crippen MR) is 132 cm³/mol. The van der Waals surface area contributed by atoms with Gasteiger partial charge in [-0.25, -0.2) is 0 Å². The molecule has 1 fully saturated rings. The van der Waals surface area contributed by atoms with Crippen LogP contribution < -0.4 is 10.9 Å². The molecule has 0 spiro atoms. The van der Waals surface area contributed by atoms with E-state index in [0.717, 1.165) is 43.7 Å². The maximum atomic E-state index is 12.9. The van der Waals surface area contributed by atoms with Gasteiger partial charge in [0.2, 0.25) is 11.7 Å². The average Bonchev–Trinajstić information content (AvgIpc) is 3.28. The number of para-hydroxylation sites is 1. The topological polar surface area (TPSA) is 84.5 Å². The number of hydrogen-bond acceptors (Lipinski definition) is 5. The lowest BCUT2D eigenvalue weighted by Gasteiger charge is -2.31. The number of fused-ring (bicyclic) bond motifs is 3. The molecule has 2 aromatic heterocycles. The lowest BCUT2D eigenvalue weighted by molar-refractivity contribution is -0.122. The van der Waals surface area contributed by atoms with Gasteiger partial charge in [-0.3, -0.25) is 23.5 Å². The van der Waals surface area contributed by atoms with E-state index in [1.807, 2.05) is 53.8 Å². The highest BCUT2D eigenvalue weighted by atomic mass is 16.1. The van der Waals surface area contributed by atoms with Crippen LogP contribution in [0.4, 0.5) is 0 Å². The maximum Gasteiger partial charge on any atom is 0.262 e. The van der Waals surface area contributed by atoms with Gasteiger partial charge < -0.3 is 5.32 Å². The third-order valence-electron chi connectivity index (χ3n) is 6.69. The summed E-state index contributed by atoms with van der Waals surface area (Å²) >= 11 is 0. The number of likely N-dealkylation sites (tertiary alicyclic amines) is 1. The normalized spacial score (nSPS) is 15.2. The van der Waals surface area contributed by atoms with Gasteiger partial charge in [0.1, 0.15) is 0 Å². The molecule has 8 nitrogen and oxygen atoms in total.